The first-order valence-electron chi connectivity index (χ1n) is 6.84. The third kappa shape index (κ3) is 2.39. The molecule has 0 aliphatic heterocycles. The van der Waals surface area contributed by atoms with Gasteiger partial charge in [-0.05, 0) is 35.2 Å². The van der Waals surface area contributed by atoms with Crippen LogP contribution in [0, 0.1) is 0 Å². The summed E-state index contributed by atoms with van der Waals surface area (Å²) in [5, 5.41) is 4.56. The number of pyridine rings is 1. The molecule has 0 atom stereocenters. The summed E-state index contributed by atoms with van der Waals surface area (Å²) in [6.07, 6.45) is 3.72. The van der Waals surface area contributed by atoms with Crippen LogP contribution in [0.15, 0.2) is 48.8 Å². The molecule has 0 unspecified atom stereocenters. The lowest BCUT2D eigenvalue weighted by molar-refractivity contribution is 0.590. The minimum absolute atomic E-state index is 0.184. The Labute approximate surface area is 119 Å². The number of aromatic nitrogens is 2. The van der Waals surface area contributed by atoms with Crippen LogP contribution in [0.25, 0.3) is 11.0 Å². The minimum Gasteiger partial charge on any atom is -0.355 e. The first-order valence-corrected chi connectivity index (χ1v) is 6.84. The van der Waals surface area contributed by atoms with E-state index in [-0.39, 0.29) is 5.41 Å². The SMILES string of the molecule is CC(C)(C)c1ccc(Nc2ccnc3[nH]ccc23)cc1. The van der Waals surface area contributed by atoms with Crippen molar-refractivity contribution in [2.45, 2.75) is 26.2 Å². The zero-order valence-electron chi connectivity index (χ0n) is 12.1. The summed E-state index contributed by atoms with van der Waals surface area (Å²) < 4.78 is 0. The molecular weight excluding hydrogens is 246 g/mol. The molecule has 0 saturated carbocycles. The monoisotopic (exact) mass is 265 g/mol. The van der Waals surface area contributed by atoms with Gasteiger partial charge in [0.2, 0.25) is 0 Å². The number of nitrogens with one attached hydrogen (secondary N) is 2. The zero-order valence-corrected chi connectivity index (χ0v) is 12.1. The zero-order chi connectivity index (χ0) is 14.2. The summed E-state index contributed by atoms with van der Waals surface area (Å²) in [4.78, 5) is 7.42. The van der Waals surface area contributed by atoms with Crippen LogP contribution in [-0.4, -0.2) is 9.97 Å². The fraction of sp³-hybridized carbons (Fsp3) is 0.235. The average Bonchev–Trinajstić information content (AvgIpc) is 2.88. The molecule has 0 aliphatic carbocycles. The molecule has 3 heteroatoms. The third-order valence-corrected chi connectivity index (χ3v) is 3.49. The Bertz CT molecular complexity index is 718. The fourth-order valence-corrected chi connectivity index (χ4v) is 2.28. The van der Waals surface area contributed by atoms with Gasteiger partial charge in [-0.3, -0.25) is 0 Å². The highest BCUT2D eigenvalue weighted by atomic mass is 14.9. The van der Waals surface area contributed by atoms with E-state index in [0.29, 0.717) is 0 Å². The number of nitrogens with zero attached hydrogens (tertiary/aromatic N) is 1. The summed E-state index contributed by atoms with van der Waals surface area (Å²) in [6, 6.07) is 12.6. The van der Waals surface area contributed by atoms with Gasteiger partial charge in [0.1, 0.15) is 5.65 Å². The van der Waals surface area contributed by atoms with Crippen molar-refractivity contribution in [3.63, 3.8) is 0 Å². The highest BCUT2D eigenvalue weighted by molar-refractivity contribution is 5.91. The summed E-state index contributed by atoms with van der Waals surface area (Å²) in [6.45, 7) is 6.67. The first kappa shape index (κ1) is 12.7. The number of aromatic amines is 1. The summed E-state index contributed by atoms with van der Waals surface area (Å²) in [5.41, 5.74) is 4.58. The van der Waals surface area contributed by atoms with Gasteiger partial charge in [-0.25, -0.2) is 4.98 Å². The summed E-state index contributed by atoms with van der Waals surface area (Å²) >= 11 is 0. The van der Waals surface area contributed by atoms with Crippen molar-refractivity contribution in [1.29, 1.82) is 0 Å². The van der Waals surface area contributed by atoms with Crippen LogP contribution < -0.4 is 5.32 Å². The molecule has 3 aromatic rings. The van der Waals surface area contributed by atoms with E-state index in [1.54, 1.807) is 0 Å². The molecule has 3 rings (SSSR count). The van der Waals surface area contributed by atoms with E-state index < -0.39 is 0 Å². The standard InChI is InChI=1S/C17H19N3/c1-17(2,3)12-4-6-13(7-5-12)20-15-9-11-19-16-14(15)8-10-18-16/h4-11H,1-3H3,(H2,18,19,20). The number of H-pyrrole nitrogens is 1. The average molecular weight is 265 g/mol. The van der Waals surface area contributed by atoms with Gasteiger partial charge in [0, 0.05) is 23.5 Å². The molecule has 1 aromatic carbocycles. The van der Waals surface area contributed by atoms with E-state index in [9.17, 15) is 0 Å². The molecule has 0 aliphatic rings. The van der Waals surface area contributed by atoms with Gasteiger partial charge in [-0.1, -0.05) is 32.9 Å². The maximum absolute atomic E-state index is 4.29. The van der Waals surface area contributed by atoms with E-state index in [0.717, 1.165) is 22.4 Å². The molecule has 0 saturated heterocycles. The minimum atomic E-state index is 0.184. The maximum atomic E-state index is 4.29. The number of benzene rings is 1. The van der Waals surface area contributed by atoms with E-state index in [4.69, 9.17) is 0 Å². The second kappa shape index (κ2) is 4.67. The van der Waals surface area contributed by atoms with Crippen molar-refractivity contribution in [2.75, 3.05) is 5.32 Å². The molecular formula is C17H19N3. The van der Waals surface area contributed by atoms with Gasteiger partial charge < -0.3 is 10.3 Å². The maximum Gasteiger partial charge on any atom is 0.139 e. The second-order valence-electron chi connectivity index (χ2n) is 6.05. The smallest absolute Gasteiger partial charge is 0.139 e. The Morgan fingerprint density at radius 1 is 1.00 bits per heavy atom. The Hall–Kier alpha value is -2.29. The van der Waals surface area contributed by atoms with Crippen molar-refractivity contribution >= 4 is 22.4 Å². The molecule has 2 aromatic heterocycles. The Kier molecular flexibility index (Phi) is 2.97. The quantitative estimate of drug-likeness (QED) is 0.710. The van der Waals surface area contributed by atoms with Gasteiger partial charge in [-0.2, -0.15) is 0 Å². The number of hydrogen-bond donors (Lipinski definition) is 2. The van der Waals surface area contributed by atoms with Crippen LogP contribution in [0.5, 0.6) is 0 Å². The first-order chi connectivity index (χ1) is 9.54. The fourth-order valence-electron chi connectivity index (χ4n) is 2.28. The van der Waals surface area contributed by atoms with Crippen LogP contribution in [0.4, 0.5) is 11.4 Å². The summed E-state index contributed by atoms with van der Waals surface area (Å²) in [7, 11) is 0. The van der Waals surface area contributed by atoms with Crippen molar-refractivity contribution in [2.24, 2.45) is 0 Å². The predicted octanol–water partition coefficient (Wildman–Crippen LogP) is 4.60. The van der Waals surface area contributed by atoms with Gasteiger partial charge in [0.05, 0.1) is 5.69 Å². The number of hydrogen-bond acceptors (Lipinski definition) is 2. The predicted molar refractivity (Wildman–Crippen MR) is 84.5 cm³/mol. The van der Waals surface area contributed by atoms with Crippen molar-refractivity contribution < 1.29 is 0 Å². The van der Waals surface area contributed by atoms with E-state index in [2.05, 4.69) is 60.3 Å². The van der Waals surface area contributed by atoms with Crippen LogP contribution in [0.2, 0.25) is 0 Å². The van der Waals surface area contributed by atoms with Crippen LogP contribution in [-0.2, 0) is 5.41 Å². The lowest BCUT2D eigenvalue weighted by Crippen LogP contribution is -2.10. The normalized spacial score (nSPS) is 11.8. The molecule has 102 valence electrons. The van der Waals surface area contributed by atoms with E-state index in [1.807, 2.05) is 24.5 Å². The molecule has 2 N–H and O–H groups in total. The Balaban J connectivity index is 1.90. The highest BCUT2D eigenvalue weighted by Gasteiger charge is 2.12. The van der Waals surface area contributed by atoms with Crippen LogP contribution in [0.3, 0.4) is 0 Å². The molecule has 20 heavy (non-hydrogen) atoms. The molecule has 0 fully saturated rings. The molecule has 0 amide bonds. The van der Waals surface area contributed by atoms with E-state index in [1.165, 1.54) is 5.56 Å². The van der Waals surface area contributed by atoms with Gasteiger partial charge in [0.15, 0.2) is 0 Å². The second-order valence-corrected chi connectivity index (χ2v) is 6.05. The largest absolute Gasteiger partial charge is 0.355 e. The summed E-state index contributed by atoms with van der Waals surface area (Å²) in [5.74, 6) is 0. The lowest BCUT2D eigenvalue weighted by Gasteiger charge is -2.19. The van der Waals surface area contributed by atoms with Crippen LogP contribution >= 0.6 is 0 Å². The van der Waals surface area contributed by atoms with Crippen LogP contribution in [0.1, 0.15) is 26.3 Å². The lowest BCUT2D eigenvalue weighted by atomic mass is 9.87. The van der Waals surface area contributed by atoms with Crippen molar-refractivity contribution in [3.05, 3.63) is 54.4 Å². The topological polar surface area (TPSA) is 40.7 Å². The third-order valence-electron chi connectivity index (χ3n) is 3.49. The number of rotatable bonds is 2. The van der Waals surface area contributed by atoms with Gasteiger partial charge >= 0.3 is 0 Å². The Morgan fingerprint density at radius 2 is 1.75 bits per heavy atom. The van der Waals surface area contributed by atoms with E-state index >= 15 is 0 Å². The highest BCUT2D eigenvalue weighted by Crippen LogP contribution is 2.27. The molecule has 2 heterocycles. The Morgan fingerprint density at radius 3 is 2.45 bits per heavy atom. The van der Waals surface area contributed by atoms with Gasteiger partial charge in [-0.15, -0.1) is 0 Å². The molecule has 0 bridgehead atoms. The molecule has 0 radical (unpaired) electrons. The number of anilines is 2. The van der Waals surface area contributed by atoms with Gasteiger partial charge in [0.25, 0.3) is 0 Å². The molecule has 0 spiro atoms. The van der Waals surface area contributed by atoms with Crippen molar-refractivity contribution in [3.8, 4) is 0 Å². The molecule has 3 nitrogen and oxygen atoms in total. The number of fused-ring (bicyclic) bond motifs is 1. The van der Waals surface area contributed by atoms with Crippen molar-refractivity contribution in [1.82, 2.24) is 9.97 Å².